The molecule has 0 aliphatic carbocycles. The summed E-state index contributed by atoms with van der Waals surface area (Å²) in [7, 11) is 0. The lowest BCUT2D eigenvalue weighted by atomic mass is 10.1. The average molecular weight is 393 g/mol. The number of halogens is 4. The van der Waals surface area contributed by atoms with Crippen LogP contribution in [0, 0.1) is 0 Å². The number of morpholine rings is 1. The van der Waals surface area contributed by atoms with E-state index in [1.165, 1.54) is 11.0 Å². The van der Waals surface area contributed by atoms with Gasteiger partial charge in [0, 0.05) is 16.6 Å². The van der Waals surface area contributed by atoms with Gasteiger partial charge in [0.2, 0.25) is 5.91 Å². The molecule has 5 nitrogen and oxygen atoms in total. The lowest BCUT2D eigenvalue weighted by Gasteiger charge is -2.31. The molecule has 1 aliphatic rings. The van der Waals surface area contributed by atoms with Crippen LogP contribution in [0.5, 0.6) is 0 Å². The number of primary amides is 1. The SMILES string of the molecule is NC(=O)[C@@H]1CN(C(=O)c2sc3cc(C(F)(F)F)ccc3c2Cl)CCO1. The lowest BCUT2D eigenvalue weighted by Crippen LogP contribution is -2.50. The zero-order chi connectivity index (χ0) is 18.4. The van der Waals surface area contributed by atoms with Crippen molar-refractivity contribution in [2.45, 2.75) is 12.3 Å². The Bertz CT molecular complexity index is 852. The number of rotatable bonds is 2. The number of nitrogens with two attached hydrogens (primary N) is 1. The zero-order valence-corrected chi connectivity index (χ0v) is 14.2. The van der Waals surface area contributed by atoms with Crippen LogP contribution in [0.1, 0.15) is 15.2 Å². The summed E-state index contributed by atoms with van der Waals surface area (Å²) < 4.78 is 43.9. The summed E-state index contributed by atoms with van der Waals surface area (Å²) in [6.45, 7) is 0.355. The van der Waals surface area contributed by atoms with Gasteiger partial charge in [-0.2, -0.15) is 13.2 Å². The third-order valence-corrected chi connectivity index (χ3v) is 5.47. The molecule has 1 atom stereocenters. The van der Waals surface area contributed by atoms with Gasteiger partial charge in [-0.15, -0.1) is 11.3 Å². The molecule has 0 spiro atoms. The maximum atomic E-state index is 12.8. The minimum absolute atomic E-state index is 0.0213. The first-order chi connectivity index (χ1) is 11.7. The molecule has 2 aromatic rings. The quantitative estimate of drug-likeness (QED) is 0.854. The number of ether oxygens (including phenoxy) is 1. The fraction of sp³-hybridized carbons (Fsp3) is 0.333. The van der Waals surface area contributed by atoms with E-state index in [1.807, 2.05) is 0 Å². The van der Waals surface area contributed by atoms with Crippen LogP contribution >= 0.6 is 22.9 Å². The summed E-state index contributed by atoms with van der Waals surface area (Å²) in [6.07, 6.45) is -5.39. The van der Waals surface area contributed by atoms with E-state index in [9.17, 15) is 22.8 Å². The Labute approximate surface area is 149 Å². The second-order valence-electron chi connectivity index (χ2n) is 5.47. The average Bonchev–Trinajstić information content (AvgIpc) is 2.90. The lowest BCUT2D eigenvalue weighted by molar-refractivity contribution is -0.137. The van der Waals surface area contributed by atoms with Crippen molar-refractivity contribution in [2.75, 3.05) is 19.7 Å². The van der Waals surface area contributed by atoms with Crippen molar-refractivity contribution >= 4 is 44.8 Å². The fourth-order valence-corrected chi connectivity index (χ4v) is 4.05. The third-order valence-electron chi connectivity index (χ3n) is 3.82. The number of hydrogen-bond donors (Lipinski definition) is 1. The first kappa shape index (κ1) is 18.0. The van der Waals surface area contributed by atoms with Crippen LogP contribution in [0.2, 0.25) is 5.02 Å². The molecule has 0 bridgehead atoms. The van der Waals surface area contributed by atoms with Gasteiger partial charge in [0.25, 0.3) is 5.91 Å². The highest BCUT2D eigenvalue weighted by Gasteiger charge is 2.33. The fourth-order valence-electron chi connectivity index (χ4n) is 2.53. The molecule has 0 radical (unpaired) electrons. The number of carbonyl (C=O) groups is 2. The molecular formula is C15H12ClF3N2O3S. The summed E-state index contributed by atoms with van der Waals surface area (Å²) in [5.41, 5.74) is 4.38. The van der Waals surface area contributed by atoms with E-state index >= 15 is 0 Å². The van der Waals surface area contributed by atoms with E-state index in [4.69, 9.17) is 22.1 Å². The van der Waals surface area contributed by atoms with Crippen LogP contribution in [0.3, 0.4) is 0 Å². The number of hydrogen-bond acceptors (Lipinski definition) is 4. The minimum atomic E-state index is -4.48. The van der Waals surface area contributed by atoms with Gasteiger partial charge in [0.1, 0.15) is 4.88 Å². The number of alkyl halides is 3. The van der Waals surface area contributed by atoms with Crippen molar-refractivity contribution in [3.05, 3.63) is 33.7 Å². The molecule has 1 fully saturated rings. The van der Waals surface area contributed by atoms with Crippen molar-refractivity contribution in [3.8, 4) is 0 Å². The molecule has 134 valence electrons. The summed E-state index contributed by atoms with van der Waals surface area (Å²) in [5.74, 6) is -1.15. The molecule has 25 heavy (non-hydrogen) atoms. The number of carbonyl (C=O) groups excluding carboxylic acids is 2. The molecule has 3 rings (SSSR count). The molecular weight excluding hydrogens is 381 g/mol. The van der Waals surface area contributed by atoms with E-state index in [0.717, 1.165) is 23.5 Å². The van der Waals surface area contributed by atoms with Crippen LogP contribution in [0.4, 0.5) is 13.2 Å². The molecule has 1 aromatic heterocycles. The molecule has 0 saturated carbocycles. The molecule has 2 heterocycles. The monoisotopic (exact) mass is 392 g/mol. The van der Waals surface area contributed by atoms with E-state index in [2.05, 4.69) is 0 Å². The van der Waals surface area contributed by atoms with E-state index in [-0.39, 0.29) is 34.3 Å². The van der Waals surface area contributed by atoms with Crippen molar-refractivity contribution in [1.82, 2.24) is 4.90 Å². The van der Waals surface area contributed by atoms with Crippen molar-refractivity contribution < 1.29 is 27.5 Å². The van der Waals surface area contributed by atoms with Gasteiger partial charge in [-0.05, 0) is 12.1 Å². The highest BCUT2D eigenvalue weighted by Crippen LogP contribution is 2.39. The Morgan fingerprint density at radius 3 is 2.72 bits per heavy atom. The second-order valence-corrected chi connectivity index (χ2v) is 6.90. The molecule has 1 aliphatic heterocycles. The number of amides is 2. The maximum absolute atomic E-state index is 12.8. The van der Waals surface area contributed by atoms with Crippen molar-refractivity contribution in [3.63, 3.8) is 0 Å². The Hall–Kier alpha value is -1.84. The highest BCUT2D eigenvalue weighted by molar-refractivity contribution is 7.21. The van der Waals surface area contributed by atoms with Gasteiger partial charge in [-0.25, -0.2) is 0 Å². The van der Waals surface area contributed by atoms with E-state index in [0.29, 0.717) is 5.39 Å². The largest absolute Gasteiger partial charge is 0.416 e. The summed E-state index contributed by atoms with van der Waals surface area (Å²) in [5, 5.41) is 0.476. The molecule has 0 unspecified atom stereocenters. The molecule has 10 heteroatoms. The Kier molecular flexibility index (Phi) is 4.65. The molecule has 1 saturated heterocycles. The topological polar surface area (TPSA) is 72.6 Å². The number of fused-ring (bicyclic) bond motifs is 1. The maximum Gasteiger partial charge on any atom is 0.416 e. The highest BCUT2D eigenvalue weighted by atomic mass is 35.5. The standard InChI is InChI=1S/C15H12ClF3N2O3S/c16-11-8-2-1-7(15(17,18)19)5-10(8)25-12(11)14(23)21-3-4-24-9(6-21)13(20)22/h1-2,5,9H,3-4,6H2,(H2,20,22)/t9-/m0/s1. The Morgan fingerprint density at radius 1 is 1.36 bits per heavy atom. The summed E-state index contributed by atoms with van der Waals surface area (Å²) >= 11 is 7.08. The van der Waals surface area contributed by atoms with Gasteiger partial charge in [0.05, 0.1) is 23.7 Å². The van der Waals surface area contributed by atoms with E-state index < -0.39 is 29.7 Å². The first-order valence-corrected chi connectivity index (χ1v) is 8.37. The molecule has 1 aromatic carbocycles. The number of nitrogens with zero attached hydrogens (tertiary/aromatic N) is 1. The van der Waals surface area contributed by atoms with Gasteiger partial charge in [-0.3, -0.25) is 9.59 Å². The van der Waals surface area contributed by atoms with Gasteiger partial charge >= 0.3 is 6.18 Å². The van der Waals surface area contributed by atoms with Gasteiger partial charge in [-0.1, -0.05) is 17.7 Å². The number of benzene rings is 1. The Balaban J connectivity index is 1.94. The number of thiophene rings is 1. The van der Waals surface area contributed by atoms with Crippen molar-refractivity contribution in [1.29, 1.82) is 0 Å². The van der Waals surface area contributed by atoms with Crippen LogP contribution in [-0.4, -0.2) is 42.5 Å². The Morgan fingerprint density at radius 2 is 2.08 bits per heavy atom. The van der Waals surface area contributed by atoms with Crippen LogP contribution in [-0.2, 0) is 15.7 Å². The first-order valence-electron chi connectivity index (χ1n) is 7.18. The van der Waals surface area contributed by atoms with Crippen LogP contribution in [0.25, 0.3) is 10.1 Å². The minimum Gasteiger partial charge on any atom is -0.367 e. The summed E-state index contributed by atoms with van der Waals surface area (Å²) in [6, 6.07) is 3.14. The zero-order valence-electron chi connectivity index (χ0n) is 12.6. The van der Waals surface area contributed by atoms with Crippen molar-refractivity contribution in [2.24, 2.45) is 5.73 Å². The normalized spacial score (nSPS) is 18.6. The predicted molar refractivity (Wildman–Crippen MR) is 86.7 cm³/mol. The third kappa shape index (κ3) is 3.44. The van der Waals surface area contributed by atoms with E-state index in [1.54, 1.807) is 0 Å². The van der Waals surface area contributed by atoms with Gasteiger partial charge < -0.3 is 15.4 Å². The summed E-state index contributed by atoms with van der Waals surface area (Å²) in [4.78, 5) is 25.4. The molecule has 2 amide bonds. The molecule has 2 N–H and O–H groups in total. The second kappa shape index (κ2) is 6.47. The predicted octanol–water partition coefficient (Wildman–Crippen LogP) is 2.90. The van der Waals surface area contributed by atoms with Crippen LogP contribution < -0.4 is 5.73 Å². The smallest absolute Gasteiger partial charge is 0.367 e. The van der Waals surface area contributed by atoms with Gasteiger partial charge in [0.15, 0.2) is 6.10 Å². The van der Waals surface area contributed by atoms with Crippen LogP contribution in [0.15, 0.2) is 18.2 Å².